The van der Waals surface area contributed by atoms with Gasteiger partial charge in [-0.15, -0.1) is 0 Å². The van der Waals surface area contributed by atoms with Crippen molar-refractivity contribution in [3.8, 4) is 0 Å². The van der Waals surface area contributed by atoms with E-state index in [-0.39, 0.29) is 19.5 Å². The first-order valence-electron chi connectivity index (χ1n) is 11.3. The molecule has 4 rings (SSSR count). The Morgan fingerprint density at radius 1 is 0.657 bits per heavy atom. The van der Waals surface area contributed by atoms with Gasteiger partial charge in [-0.1, -0.05) is 115 Å². The molecule has 0 aliphatic carbocycles. The van der Waals surface area contributed by atoms with Crippen LogP contribution in [0.1, 0.15) is 39.9 Å². The van der Waals surface area contributed by atoms with Gasteiger partial charge in [-0.25, -0.2) is 13.1 Å². The Morgan fingerprint density at radius 2 is 1.03 bits per heavy atom. The van der Waals surface area contributed by atoms with Crippen molar-refractivity contribution >= 4 is 10.0 Å². The van der Waals surface area contributed by atoms with Crippen molar-refractivity contribution in [2.75, 3.05) is 0 Å². The molecule has 0 bridgehead atoms. The summed E-state index contributed by atoms with van der Waals surface area (Å²) >= 11 is 0. The van der Waals surface area contributed by atoms with Crippen molar-refractivity contribution in [2.45, 2.75) is 37.8 Å². The van der Waals surface area contributed by atoms with Gasteiger partial charge in [0.1, 0.15) is 0 Å². The van der Waals surface area contributed by atoms with E-state index in [2.05, 4.69) is 4.72 Å². The Kier molecular flexibility index (Phi) is 11.0. The van der Waals surface area contributed by atoms with Crippen LogP contribution >= 0.6 is 0 Å². The van der Waals surface area contributed by atoms with Gasteiger partial charge in [-0.05, 0) is 43.0 Å². The molecule has 0 saturated heterocycles. The van der Waals surface area contributed by atoms with E-state index in [9.17, 15) is 8.42 Å². The normalized spacial score (nSPS) is 12.5. The number of aryl methyl sites for hydroxylation is 3. The fraction of sp³-hybridized carbons (Fsp3) is 0.172. The van der Waals surface area contributed by atoms with Gasteiger partial charge in [0.25, 0.3) is 0 Å². The van der Waals surface area contributed by atoms with Crippen molar-refractivity contribution in [2.24, 2.45) is 5.73 Å². The topological polar surface area (TPSA) is 72.2 Å². The summed E-state index contributed by atoms with van der Waals surface area (Å²) in [5, 5.41) is 0. The van der Waals surface area contributed by atoms with Crippen molar-refractivity contribution in [1.29, 1.82) is 0 Å². The quantitative estimate of drug-likeness (QED) is 0.277. The molecule has 184 valence electrons. The minimum Gasteiger partial charge on any atom is -0.322 e. The summed E-state index contributed by atoms with van der Waals surface area (Å²) in [6.07, 6.45) is 0. The molecule has 35 heavy (non-hydrogen) atoms. The van der Waals surface area contributed by atoms with Gasteiger partial charge < -0.3 is 5.73 Å². The van der Waals surface area contributed by atoms with E-state index in [0.717, 1.165) is 27.8 Å². The Labute approximate surface area is 222 Å². The molecule has 0 spiro atoms. The van der Waals surface area contributed by atoms with Crippen LogP contribution in [0, 0.1) is 20.8 Å². The van der Waals surface area contributed by atoms with Crippen molar-refractivity contribution in [3.05, 3.63) is 137 Å². The van der Waals surface area contributed by atoms with Crippen LogP contribution in [0.2, 0.25) is 0 Å². The van der Waals surface area contributed by atoms with Crippen LogP contribution in [-0.2, 0) is 29.5 Å². The minimum absolute atomic E-state index is 0. The maximum Gasteiger partial charge on any atom is 0.241 e. The molecule has 0 aliphatic heterocycles. The van der Waals surface area contributed by atoms with Crippen LogP contribution in [0.3, 0.4) is 0 Å². The summed E-state index contributed by atoms with van der Waals surface area (Å²) in [6, 6.07) is 33.7. The van der Waals surface area contributed by atoms with Crippen molar-refractivity contribution < 1.29 is 27.9 Å². The Balaban J connectivity index is 0.000000539. The molecular weight excluding hydrogens is 541 g/mol. The number of hydrogen-bond donors (Lipinski definition) is 2. The molecule has 0 saturated carbocycles. The second kappa shape index (κ2) is 13.5. The van der Waals surface area contributed by atoms with Gasteiger partial charge in [0.15, 0.2) is 0 Å². The van der Waals surface area contributed by atoms with E-state index < -0.39 is 22.1 Å². The van der Waals surface area contributed by atoms with Gasteiger partial charge in [-0.2, -0.15) is 0 Å². The van der Waals surface area contributed by atoms with Gasteiger partial charge in [-0.3, -0.25) is 0 Å². The van der Waals surface area contributed by atoms with Gasteiger partial charge in [0.05, 0.1) is 17.0 Å². The fourth-order valence-electron chi connectivity index (χ4n) is 4.08. The third-order valence-corrected chi connectivity index (χ3v) is 7.27. The van der Waals surface area contributed by atoms with Crippen molar-refractivity contribution in [1.82, 2.24) is 4.72 Å². The van der Waals surface area contributed by atoms with E-state index in [1.165, 1.54) is 0 Å². The zero-order chi connectivity index (χ0) is 24.6. The molecule has 4 aromatic rings. The molecule has 6 heteroatoms. The number of rotatable bonds is 6. The van der Waals surface area contributed by atoms with Crippen LogP contribution in [-0.4, -0.2) is 8.42 Å². The van der Waals surface area contributed by atoms with Crippen LogP contribution < -0.4 is 10.5 Å². The molecular formula is C29H32N2O2RuS. The summed E-state index contributed by atoms with van der Waals surface area (Å²) in [5.41, 5.74) is 10.7. The van der Waals surface area contributed by atoms with E-state index >= 15 is 0 Å². The maximum absolute atomic E-state index is 13.3. The smallest absolute Gasteiger partial charge is 0.241 e. The Morgan fingerprint density at radius 3 is 1.46 bits per heavy atom. The third kappa shape index (κ3) is 7.94. The van der Waals surface area contributed by atoms with E-state index in [0.29, 0.717) is 4.90 Å². The summed E-state index contributed by atoms with van der Waals surface area (Å²) in [4.78, 5) is 0.319. The minimum atomic E-state index is -3.77. The third-order valence-electron chi connectivity index (χ3n) is 5.52. The molecule has 2 atom stereocenters. The summed E-state index contributed by atoms with van der Waals surface area (Å²) < 4.78 is 29.5. The molecule has 4 aromatic carbocycles. The van der Waals surface area contributed by atoms with Gasteiger partial charge in [0.2, 0.25) is 10.0 Å². The fourth-order valence-corrected chi connectivity index (χ4v) is 5.78. The Hall–Kier alpha value is -2.63. The molecule has 0 aliphatic rings. The SMILES string of the molecule is Cc1cc(C)c(S(=O)(=O)N[C@H](c2ccccc2)[C@H](N)c2ccccc2)c(C)c1.[Ru].c1ccccc1. The predicted molar refractivity (Wildman–Crippen MR) is 140 cm³/mol. The van der Waals surface area contributed by atoms with E-state index in [1.54, 1.807) is 0 Å². The second-order valence-corrected chi connectivity index (χ2v) is 9.98. The molecule has 0 heterocycles. The van der Waals surface area contributed by atoms with Gasteiger partial charge in [0, 0.05) is 19.5 Å². The average molecular weight is 574 g/mol. The summed E-state index contributed by atoms with van der Waals surface area (Å²) in [5.74, 6) is 0. The number of nitrogens with two attached hydrogens (primary N) is 1. The number of benzene rings is 4. The molecule has 0 amide bonds. The molecule has 0 radical (unpaired) electrons. The molecule has 0 fully saturated rings. The zero-order valence-corrected chi connectivity index (χ0v) is 22.8. The number of sulfonamides is 1. The average Bonchev–Trinajstić information content (AvgIpc) is 2.84. The summed E-state index contributed by atoms with van der Waals surface area (Å²) in [7, 11) is -3.77. The monoisotopic (exact) mass is 574 g/mol. The first-order chi connectivity index (χ1) is 16.3. The molecule has 4 nitrogen and oxygen atoms in total. The van der Waals surface area contributed by atoms with Crippen LogP contribution in [0.4, 0.5) is 0 Å². The molecule has 3 N–H and O–H groups in total. The maximum atomic E-state index is 13.3. The summed E-state index contributed by atoms with van der Waals surface area (Å²) in [6.45, 7) is 5.61. The first-order valence-corrected chi connectivity index (χ1v) is 12.7. The largest absolute Gasteiger partial charge is 0.322 e. The zero-order valence-electron chi connectivity index (χ0n) is 20.2. The first kappa shape index (κ1) is 28.6. The van der Waals surface area contributed by atoms with E-state index in [4.69, 9.17) is 5.73 Å². The van der Waals surface area contributed by atoms with Crippen LogP contribution in [0.5, 0.6) is 0 Å². The number of nitrogens with one attached hydrogen (secondary N) is 1. The second-order valence-electron chi connectivity index (χ2n) is 8.33. The number of hydrogen-bond acceptors (Lipinski definition) is 3. The Bertz CT molecular complexity index is 1230. The van der Waals surface area contributed by atoms with Gasteiger partial charge >= 0.3 is 0 Å². The molecule has 0 aromatic heterocycles. The van der Waals surface area contributed by atoms with Crippen LogP contribution in [0.15, 0.2) is 114 Å². The van der Waals surface area contributed by atoms with Crippen molar-refractivity contribution in [3.63, 3.8) is 0 Å². The predicted octanol–water partition coefficient (Wildman–Crippen LogP) is 6.02. The van der Waals surface area contributed by atoms with E-state index in [1.807, 2.05) is 130 Å². The molecule has 0 unspecified atom stereocenters. The standard InChI is InChI=1S/C23H26N2O2S.C6H6.Ru/c1-16-14-17(2)23(18(3)15-16)28(26,27)25-22(20-12-8-5-9-13-20)21(24)19-10-6-4-7-11-19;1-2-4-6-5-3-1;/h4-15,21-22,25H,24H2,1-3H3;1-6H;/t21-,22-;;/m1../s1. The van der Waals surface area contributed by atoms with Crippen LogP contribution in [0.25, 0.3) is 0 Å².